The van der Waals surface area contributed by atoms with Gasteiger partial charge in [-0.25, -0.2) is 19.9 Å². The minimum absolute atomic E-state index is 0.198. The third kappa shape index (κ3) is 3.25. The molecular weight excluding hydrogens is 396 g/mol. The molecule has 0 radical (unpaired) electrons. The largest absolute Gasteiger partial charge is 0.360 e. The van der Waals surface area contributed by atoms with Crippen LogP contribution in [0.25, 0.3) is 21.1 Å². The maximum atomic E-state index is 12.7. The summed E-state index contributed by atoms with van der Waals surface area (Å²) in [4.78, 5) is 32.5. The van der Waals surface area contributed by atoms with Crippen molar-refractivity contribution in [1.29, 1.82) is 0 Å². The molecule has 142 valence electrons. The van der Waals surface area contributed by atoms with E-state index >= 15 is 0 Å². The van der Waals surface area contributed by atoms with E-state index in [0.717, 1.165) is 10.2 Å². The van der Waals surface area contributed by atoms with Crippen molar-refractivity contribution in [2.24, 2.45) is 0 Å². The molecule has 7 nitrogen and oxygen atoms in total. The number of hydrogen-bond acceptors (Lipinski definition) is 7. The standard InChI is InChI=1S/C19H17ClN6OS/c1-10(24-17-16-18(22-8-21-17)28-9-23-16)13-7-11-5-4-6-12(20)14(11)15(25-13)19(27)26(2)3/h4-10H,1-3H3,(H,21,22,24). The first-order valence-corrected chi connectivity index (χ1v) is 9.83. The van der Waals surface area contributed by atoms with Crippen molar-refractivity contribution in [2.75, 3.05) is 19.4 Å². The average molecular weight is 413 g/mol. The number of nitrogens with zero attached hydrogens (tertiary/aromatic N) is 5. The lowest BCUT2D eigenvalue weighted by atomic mass is 10.1. The molecule has 1 N–H and O–H groups in total. The van der Waals surface area contributed by atoms with E-state index in [4.69, 9.17) is 11.6 Å². The van der Waals surface area contributed by atoms with Crippen LogP contribution in [0.3, 0.4) is 0 Å². The molecule has 4 aromatic rings. The number of halogens is 1. The van der Waals surface area contributed by atoms with Gasteiger partial charge in [-0.1, -0.05) is 23.7 Å². The second-order valence-corrected chi connectivity index (χ2v) is 7.77. The molecule has 3 aromatic heterocycles. The van der Waals surface area contributed by atoms with Crippen molar-refractivity contribution in [3.05, 3.63) is 52.5 Å². The van der Waals surface area contributed by atoms with Gasteiger partial charge in [-0.15, -0.1) is 11.3 Å². The fourth-order valence-corrected chi connectivity index (χ4v) is 3.85. The summed E-state index contributed by atoms with van der Waals surface area (Å²) in [5.41, 5.74) is 3.49. The maximum Gasteiger partial charge on any atom is 0.272 e. The predicted octanol–water partition coefficient (Wildman–Crippen LogP) is 4.16. The summed E-state index contributed by atoms with van der Waals surface area (Å²) < 4.78 is 0. The van der Waals surface area contributed by atoms with Crippen LogP contribution >= 0.6 is 22.9 Å². The number of aromatic nitrogens is 4. The number of rotatable bonds is 4. The lowest BCUT2D eigenvalue weighted by Gasteiger charge is -2.18. The van der Waals surface area contributed by atoms with E-state index in [1.807, 2.05) is 25.1 Å². The van der Waals surface area contributed by atoms with Crippen LogP contribution in [0.15, 0.2) is 36.1 Å². The molecule has 0 bridgehead atoms. The van der Waals surface area contributed by atoms with E-state index < -0.39 is 0 Å². The average Bonchev–Trinajstić information content (AvgIpc) is 3.16. The van der Waals surface area contributed by atoms with Crippen molar-refractivity contribution in [2.45, 2.75) is 13.0 Å². The molecule has 9 heteroatoms. The number of carbonyl (C=O) groups excluding carboxylic acids is 1. The first-order valence-electron chi connectivity index (χ1n) is 8.57. The van der Waals surface area contributed by atoms with Crippen LogP contribution < -0.4 is 5.32 Å². The van der Waals surface area contributed by atoms with Gasteiger partial charge in [0.2, 0.25) is 0 Å². The van der Waals surface area contributed by atoms with E-state index in [1.165, 1.54) is 22.6 Å². The Morgan fingerprint density at radius 2 is 2.07 bits per heavy atom. The Kier molecular flexibility index (Phi) is 4.82. The number of fused-ring (bicyclic) bond motifs is 2. The van der Waals surface area contributed by atoms with E-state index in [1.54, 1.807) is 25.7 Å². The van der Waals surface area contributed by atoms with Crippen molar-refractivity contribution in [3.8, 4) is 0 Å². The van der Waals surface area contributed by atoms with Gasteiger partial charge in [0, 0.05) is 19.5 Å². The normalized spacial score (nSPS) is 12.3. The third-order valence-electron chi connectivity index (χ3n) is 4.37. The summed E-state index contributed by atoms with van der Waals surface area (Å²) in [5.74, 6) is 0.434. The van der Waals surface area contributed by atoms with Crippen LogP contribution in [0, 0.1) is 0 Å². The van der Waals surface area contributed by atoms with Gasteiger partial charge >= 0.3 is 0 Å². The number of hydrogen-bond donors (Lipinski definition) is 1. The van der Waals surface area contributed by atoms with Crippen LogP contribution in [-0.4, -0.2) is 44.8 Å². The lowest BCUT2D eigenvalue weighted by molar-refractivity contribution is 0.0824. The summed E-state index contributed by atoms with van der Waals surface area (Å²) >= 11 is 7.83. The molecule has 1 unspecified atom stereocenters. The topological polar surface area (TPSA) is 83.9 Å². The fourth-order valence-electron chi connectivity index (χ4n) is 2.95. The van der Waals surface area contributed by atoms with Gasteiger partial charge in [0.25, 0.3) is 5.91 Å². The minimum Gasteiger partial charge on any atom is -0.360 e. The predicted molar refractivity (Wildman–Crippen MR) is 112 cm³/mol. The monoisotopic (exact) mass is 412 g/mol. The molecule has 4 rings (SSSR count). The summed E-state index contributed by atoms with van der Waals surface area (Å²) in [5, 5.41) is 5.35. The highest BCUT2D eigenvalue weighted by Crippen LogP contribution is 2.30. The molecule has 1 atom stereocenters. The number of nitrogens with one attached hydrogen (secondary N) is 1. The zero-order valence-electron chi connectivity index (χ0n) is 15.5. The zero-order chi connectivity index (χ0) is 19.8. The van der Waals surface area contributed by atoms with E-state index in [-0.39, 0.29) is 11.9 Å². The third-order valence-corrected chi connectivity index (χ3v) is 5.42. The molecule has 0 aliphatic heterocycles. The van der Waals surface area contributed by atoms with Crippen molar-refractivity contribution in [3.63, 3.8) is 0 Å². The van der Waals surface area contributed by atoms with Gasteiger partial charge in [0.05, 0.1) is 22.3 Å². The Hall–Kier alpha value is -2.84. The van der Waals surface area contributed by atoms with Crippen LogP contribution in [0.5, 0.6) is 0 Å². The number of pyridine rings is 1. The molecule has 0 aliphatic rings. The van der Waals surface area contributed by atoms with Gasteiger partial charge < -0.3 is 10.2 Å². The first kappa shape index (κ1) is 18.5. The highest BCUT2D eigenvalue weighted by Gasteiger charge is 2.20. The fraction of sp³-hybridized carbons (Fsp3) is 0.211. The lowest BCUT2D eigenvalue weighted by Crippen LogP contribution is -2.24. The first-order chi connectivity index (χ1) is 13.5. The van der Waals surface area contributed by atoms with Gasteiger partial charge in [0.1, 0.15) is 22.4 Å². The van der Waals surface area contributed by atoms with Crippen LogP contribution in [0.4, 0.5) is 5.82 Å². The van der Waals surface area contributed by atoms with E-state index in [2.05, 4.69) is 25.3 Å². The van der Waals surface area contributed by atoms with E-state index in [9.17, 15) is 4.79 Å². The molecule has 1 aromatic carbocycles. The number of carbonyl (C=O) groups is 1. The smallest absolute Gasteiger partial charge is 0.272 e. The molecule has 0 saturated heterocycles. The van der Waals surface area contributed by atoms with Crippen LogP contribution in [0.1, 0.15) is 29.1 Å². The highest BCUT2D eigenvalue weighted by molar-refractivity contribution is 7.16. The van der Waals surface area contributed by atoms with Gasteiger partial charge in [-0.2, -0.15) is 0 Å². The minimum atomic E-state index is -0.211. The highest BCUT2D eigenvalue weighted by atomic mass is 35.5. The molecule has 0 saturated carbocycles. The van der Waals surface area contributed by atoms with Gasteiger partial charge in [-0.05, 0) is 24.4 Å². The Morgan fingerprint density at radius 1 is 1.25 bits per heavy atom. The molecule has 1 amide bonds. The molecule has 3 heterocycles. The maximum absolute atomic E-state index is 12.7. The van der Waals surface area contributed by atoms with Crippen molar-refractivity contribution in [1.82, 2.24) is 24.8 Å². The van der Waals surface area contributed by atoms with Crippen LogP contribution in [-0.2, 0) is 0 Å². The molecule has 28 heavy (non-hydrogen) atoms. The van der Waals surface area contributed by atoms with Crippen molar-refractivity contribution >= 4 is 55.8 Å². The second-order valence-electron chi connectivity index (χ2n) is 6.53. The quantitative estimate of drug-likeness (QED) is 0.541. The molecular formula is C19H17ClN6OS. The summed E-state index contributed by atoms with van der Waals surface area (Å²) in [6.45, 7) is 1.96. The Morgan fingerprint density at radius 3 is 2.86 bits per heavy atom. The molecule has 0 aliphatic carbocycles. The molecule has 0 fully saturated rings. The van der Waals surface area contributed by atoms with Crippen LogP contribution in [0.2, 0.25) is 5.02 Å². The zero-order valence-corrected chi connectivity index (χ0v) is 17.0. The SMILES string of the molecule is CC(Nc1ncnc2scnc12)c1cc2cccc(Cl)c2c(C(=O)N(C)C)n1. The Balaban J connectivity index is 1.80. The Labute approximate surface area is 170 Å². The number of thiazole rings is 1. The van der Waals surface area contributed by atoms with Gasteiger partial charge in [-0.3, -0.25) is 4.79 Å². The number of amides is 1. The number of benzene rings is 1. The molecule has 0 spiro atoms. The van der Waals surface area contributed by atoms with Crippen molar-refractivity contribution < 1.29 is 4.79 Å². The Bertz CT molecular complexity index is 1190. The second kappa shape index (κ2) is 7.29. The van der Waals surface area contributed by atoms with Gasteiger partial charge in [0.15, 0.2) is 5.82 Å². The van der Waals surface area contributed by atoms with E-state index in [0.29, 0.717) is 33.1 Å². The summed E-state index contributed by atoms with van der Waals surface area (Å²) in [6.07, 6.45) is 1.50. The summed E-state index contributed by atoms with van der Waals surface area (Å²) in [6, 6.07) is 7.27. The summed E-state index contributed by atoms with van der Waals surface area (Å²) in [7, 11) is 3.39. The number of anilines is 1.